The van der Waals surface area contributed by atoms with E-state index >= 15 is 0 Å². The van der Waals surface area contributed by atoms with Crippen molar-refractivity contribution in [2.75, 3.05) is 12.4 Å². The molecule has 1 rings (SSSR count). The highest BCUT2D eigenvalue weighted by molar-refractivity contribution is 7.80. The highest BCUT2D eigenvalue weighted by Gasteiger charge is 2.11. The second kappa shape index (κ2) is 7.79. The molecule has 1 aromatic carbocycles. The average Bonchev–Trinajstić information content (AvgIpc) is 2.33. The van der Waals surface area contributed by atoms with Crippen LogP contribution in [0.1, 0.15) is 36.7 Å². The van der Waals surface area contributed by atoms with Crippen molar-refractivity contribution in [2.24, 2.45) is 0 Å². The SMILES string of the molecule is CC.COC(=O)c1cccc(NC(C)=S)c1C. The van der Waals surface area contributed by atoms with Crippen molar-refractivity contribution >= 4 is 28.9 Å². The van der Waals surface area contributed by atoms with Crippen LogP contribution < -0.4 is 5.32 Å². The molecule has 0 aliphatic heterocycles. The normalized spacial score (nSPS) is 8.76. The maximum absolute atomic E-state index is 11.4. The lowest BCUT2D eigenvalue weighted by Crippen LogP contribution is -2.09. The lowest BCUT2D eigenvalue weighted by molar-refractivity contribution is 0.0600. The molecule has 94 valence electrons. The van der Waals surface area contributed by atoms with Crippen molar-refractivity contribution in [2.45, 2.75) is 27.7 Å². The first-order valence-electron chi connectivity index (χ1n) is 5.51. The Morgan fingerprint density at radius 3 is 2.41 bits per heavy atom. The van der Waals surface area contributed by atoms with Gasteiger partial charge in [-0.05, 0) is 31.5 Å². The molecule has 0 aliphatic carbocycles. The molecule has 1 N–H and O–H groups in total. The van der Waals surface area contributed by atoms with E-state index in [1.165, 1.54) is 7.11 Å². The molecule has 0 fully saturated rings. The van der Waals surface area contributed by atoms with Gasteiger partial charge in [0, 0.05) is 5.69 Å². The largest absolute Gasteiger partial charge is 0.465 e. The van der Waals surface area contributed by atoms with Crippen LogP contribution in [0.5, 0.6) is 0 Å². The zero-order valence-electron chi connectivity index (χ0n) is 11.0. The average molecular weight is 253 g/mol. The summed E-state index contributed by atoms with van der Waals surface area (Å²) in [4.78, 5) is 12.1. The molecule has 0 radical (unpaired) electrons. The van der Waals surface area contributed by atoms with Gasteiger partial charge in [-0.1, -0.05) is 32.1 Å². The van der Waals surface area contributed by atoms with Gasteiger partial charge < -0.3 is 10.1 Å². The van der Waals surface area contributed by atoms with Crippen molar-refractivity contribution < 1.29 is 9.53 Å². The van der Waals surface area contributed by atoms with Crippen molar-refractivity contribution in [3.05, 3.63) is 29.3 Å². The summed E-state index contributed by atoms with van der Waals surface area (Å²) in [5.74, 6) is -0.335. The van der Waals surface area contributed by atoms with Gasteiger partial charge in [-0.25, -0.2) is 4.79 Å². The number of hydrogen-bond donors (Lipinski definition) is 1. The smallest absolute Gasteiger partial charge is 0.338 e. The molecule has 3 nitrogen and oxygen atoms in total. The van der Waals surface area contributed by atoms with E-state index in [1.807, 2.05) is 26.8 Å². The van der Waals surface area contributed by atoms with Gasteiger partial charge in [0.15, 0.2) is 0 Å². The Hall–Kier alpha value is -1.42. The fourth-order valence-electron chi connectivity index (χ4n) is 1.29. The minimum absolute atomic E-state index is 0.335. The summed E-state index contributed by atoms with van der Waals surface area (Å²) in [7, 11) is 1.37. The number of hydrogen-bond acceptors (Lipinski definition) is 3. The van der Waals surface area contributed by atoms with E-state index in [-0.39, 0.29) is 5.97 Å². The Kier molecular flexibility index (Phi) is 7.14. The van der Waals surface area contributed by atoms with Gasteiger partial charge in [0.05, 0.1) is 17.7 Å². The zero-order chi connectivity index (χ0) is 13.4. The molecule has 0 amide bonds. The molecule has 0 heterocycles. The fraction of sp³-hybridized carbons (Fsp3) is 0.385. The minimum atomic E-state index is -0.335. The lowest BCUT2D eigenvalue weighted by Gasteiger charge is -2.10. The van der Waals surface area contributed by atoms with Gasteiger partial charge in [0.1, 0.15) is 0 Å². The fourth-order valence-corrected chi connectivity index (χ4v) is 1.40. The summed E-state index contributed by atoms with van der Waals surface area (Å²) in [6.07, 6.45) is 0. The molecule has 0 spiro atoms. The maximum atomic E-state index is 11.4. The van der Waals surface area contributed by atoms with Gasteiger partial charge in [0.2, 0.25) is 0 Å². The van der Waals surface area contributed by atoms with Crippen molar-refractivity contribution in [3.63, 3.8) is 0 Å². The van der Waals surface area contributed by atoms with E-state index in [4.69, 9.17) is 12.2 Å². The molecule has 0 aliphatic rings. The summed E-state index contributed by atoms with van der Waals surface area (Å²) >= 11 is 4.95. The van der Waals surface area contributed by atoms with E-state index < -0.39 is 0 Å². The maximum Gasteiger partial charge on any atom is 0.338 e. The van der Waals surface area contributed by atoms with Crippen LogP contribution in [0.2, 0.25) is 0 Å². The summed E-state index contributed by atoms with van der Waals surface area (Å²) in [6, 6.07) is 5.39. The molecule has 0 aromatic heterocycles. The van der Waals surface area contributed by atoms with E-state index in [0.717, 1.165) is 11.3 Å². The first kappa shape index (κ1) is 15.6. The predicted octanol–water partition coefficient (Wildman–Crippen LogP) is 3.57. The molecule has 1 aromatic rings. The van der Waals surface area contributed by atoms with Gasteiger partial charge >= 0.3 is 5.97 Å². The van der Waals surface area contributed by atoms with Crippen LogP contribution in [-0.4, -0.2) is 18.1 Å². The number of carbonyl (C=O) groups excluding carboxylic acids is 1. The molecule has 0 bridgehead atoms. The van der Waals surface area contributed by atoms with Crippen LogP contribution in [-0.2, 0) is 4.74 Å². The zero-order valence-corrected chi connectivity index (χ0v) is 11.8. The Balaban J connectivity index is 0.00000121. The number of rotatable bonds is 2. The van der Waals surface area contributed by atoms with Crippen molar-refractivity contribution in [1.29, 1.82) is 0 Å². The highest BCUT2D eigenvalue weighted by Crippen LogP contribution is 2.19. The first-order chi connectivity index (χ1) is 8.06. The monoisotopic (exact) mass is 253 g/mol. The summed E-state index contributed by atoms with van der Waals surface area (Å²) < 4.78 is 4.68. The van der Waals surface area contributed by atoms with Gasteiger partial charge in [-0.2, -0.15) is 0 Å². The van der Waals surface area contributed by atoms with Crippen LogP contribution >= 0.6 is 12.2 Å². The molecule has 4 heteroatoms. The number of nitrogens with one attached hydrogen (secondary N) is 1. The van der Waals surface area contributed by atoms with Crippen LogP contribution in [0.15, 0.2) is 18.2 Å². The Labute approximate surface area is 108 Å². The van der Waals surface area contributed by atoms with Crippen LogP contribution in [0, 0.1) is 6.92 Å². The van der Waals surface area contributed by atoms with E-state index in [1.54, 1.807) is 19.1 Å². The van der Waals surface area contributed by atoms with Crippen LogP contribution in [0.3, 0.4) is 0 Å². The Morgan fingerprint density at radius 1 is 1.35 bits per heavy atom. The van der Waals surface area contributed by atoms with E-state index in [0.29, 0.717) is 10.6 Å². The number of carbonyl (C=O) groups is 1. The first-order valence-corrected chi connectivity index (χ1v) is 5.92. The second-order valence-corrected chi connectivity index (χ2v) is 3.76. The summed E-state index contributed by atoms with van der Waals surface area (Å²) in [5, 5.41) is 3.02. The number of methoxy groups -OCH3 is 1. The Morgan fingerprint density at radius 2 is 1.94 bits per heavy atom. The van der Waals surface area contributed by atoms with Crippen LogP contribution in [0.25, 0.3) is 0 Å². The molecule has 0 saturated heterocycles. The second-order valence-electron chi connectivity index (χ2n) is 3.15. The van der Waals surface area contributed by atoms with E-state index in [2.05, 4.69) is 10.1 Å². The van der Waals surface area contributed by atoms with Gasteiger partial charge in [-0.15, -0.1) is 0 Å². The van der Waals surface area contributed by atoms with Gasteiger partial charge in [0.25, 0.3) is 0 Å². The summed E-state index contributed by atoms with van der Waals surface area (Å²) in [6.45, 7) is 7.65. The third-order valence-corrected chi connectivity index (χ3v) is 2.15. The third-order valence-electron chi connectivity index (χ3n) is 2.05. The molecular formula is C13H19NO2S. The lowest BCUT2D eigenvalue weighted by atomic mass is 10.1. The standard InChI is InChI=1S/C11H13NO2S.C2H6/c1-7-9(11(13)14-3)5-4-6-10(7)12-8(2)15;1-2/h4-6H,1-3H3,(H,12,15);1-2H3. The van der Waals surface area contributed by atoms with Crippen LogP contribution in [0.4, 0.5) is 5.69 Å². The molecular weight excluding hydrogens is 234 g/mol. The minimum Gasteiger partial charge on any atom is -0.465 e. The predicted molar refractivity (Wildman–Crippen MR) is 75.8 cm³/mol. The van der Waals surface area contributed by atoms with Crippen molar-refractivity contribution in [3.8, 4) is 0 Å². The molecule has 17 heavy (non-hydrogen) atoms. The number of ether oxygens (including phenoxy) is 1. The van der Waals surface area contributed by atoms with Crippen molar-refractivity contribution in [1.82, 2.24) is 0 Å². The number of esters is 1. The molecule has 0 atom stereocenters. The third kappa shape index (κ3) is 4.53. The molecule has 0 saturated carbocycles. The highest BCUT2D eigenvalue weighted by atomic mass is 32.1. The van der Waals surface area contributed by atoms with E-state index in [9.17, 15) is 4.79 Å². The summed E-state index contributed by atoms with van der Waals surface area (Å²) in [5.41, 5.74) is 2.23. The number of anilines is 1. The number of thiocarbonyl (C=S) groups is 1. The molecule has 0 unspecified atom stereocenters. The quantitative estimate of drug-likeness (QED) is 0.646. The topological polar surface area (TPSA) is 38.3 Å². The number of benzene rings is 1. The Bertz CT molecular complexity index is 402. The van der Waals surface area contributed by atoms with Gasteiger partial charge in [-0.3, -0.25) is 0 Å².